The van der Waals surface area contributed by atoms with Gasteiger partial charge in [-0.15, -0.1) is 0 Å². The molecule has 0 bridgehead atoms. The number of esters is 1. The van der Waals surface area contributed by atoms with Crippen LogP contribution >= 0.6 is 0 Å². The maximum atomic E-state index is 13.0. The molecule has 1 heterocycles. The fourth-order valence-corrected chi connectivity index (χ4v) is 4.68. The van der Waals surface area contributed by atoms with E-state index in [1.807, 2.05) is 0 Å². The summed E-state index contributed by atoms with van der Waals surface area (Å²) in [5, 5.41) is 0. The zero-order valence-electron chi connectivity index (χ0n) is 13.3. The number of piperidine rings is 1. The number of methoxy groups -OCH3 is 2. The molecule has 1 saturated heterocycles. The predicted molar refractivity (Wildman–Crippen MR) is 84.5 cm³/mol. The first-order chi connectivity index (χ1) is 11.0. The lowest BCUT2D eigenvalue weighted by molar-refractivity contribution is 0.0400. The van der Waals surface area contributed by atoms with Gasteiger partial charge in [0.25, 0.3) is 0 Å². The Hall–Kier alpha value is -1.48. The molecule has 0 spiro atoms. The largest absolute Gasteiger partial charge is 0.465 e. The second-order valence-electron chi connectivity index (χ2n) is 5.38. The summed E-state index contributed by atoms with van der Waals surface area (Å²) in [6, 6.07) is 5.68. The van der Waals surface area contributed by atoms with Crippen LogP contribution in [0.1, 0.15) is 23.2 Å². The van der Waals surface area contributed by atoms with Crippen molar-refractivity contribution >= 4 is 16.0 Å². The highest BCUT2D eigenvalue weighted by Crippen LogP contribution is 2.28. The molecule has 1 aromatic rings. The molecule has 1 aromatic carbocycles. The average molecular weight is 342 g/mol. The van der Waals surface area contributed by atoms with E-state index >= 15 is 0 Å². The van der Waals surface area contributed by atoms with E-state index in [9.17, 15) is 13.2 Å². The van der Waals surface area contributed by atoms with Gasteiger partial charge in [-0.2, -0.15) is 4.31 Å². The number of carbonyl (C=O) groups is 1. The summed E-state index contributed by atoms with van der Waals surface area (Å²) in [6.45, 7) is 0.498. The van der Waals surface area contributed by atoms with Crippen molar-refractivity contribution in [2.75, 3.05) is 27.3 Å². The van der Waals surface area contributed by atoms with Crippen molar-refractivity contribution in [1.82, 2.24) is 4.31 Å². The second kappa shape index (κ2) is 7.39. The topological polar surface area (TPSA) is 98.9 Å². The van der Waals surface area contributed by atoms with Crippen LogP contribution in [0, 0.1) is 0 Å². The van der Waals surface area contributed by atoms with Crippen molar-refractivity contribution in [2.24, 2.45) is 5.73 Å². The number of benzene rings is 1. The summed E-state index contributed by atoms with van der Waals surface area (Å²) in [6.07, 6.45) is 1.12. The van der Waals surface area contributed by atoms with Gasteiger partial charge in [-0.3, -0.25) is 0 Å². The lowest BCUT2D eigenvalue weighted by Gasteiger charge is -2.37. The number of nitrogens with zero attached hydrogens (tertiary/aromatic N) is 1. The van der Waals surface area contributed by atoms with Crippen LogP contribution in [0.3, 0.4) is 0 Å². The zero-order chi connectivity index (χ0) is 17.0. The minimum atomic E-state index is -3.84. The van der Waals surface area contributed by atoms with Crippen LogP contribution in [0.4, 0.5) is 0 Å². The van der Waals surface area contributed by atoms with E-state index in [0.29, 0.717) is 19.4 Å². The summed E-state index contributed by atoms with van der Waals surface area (Å²) in [4.78, 5) is 11.8. The SMILES string of the molecule is COC(=O)c1ccccc1S(=O)(=O)N1CCC(OC)CC1CN. The molecule has 0 amide bonds. The monoisotopic (exact) mass is 342 g/mol. The van der Waals surface area contributed by atoms with Crippen molar-refractivity contribution in [3.8, 4) is 0 Å². The first-order valence-electron chi connectivity index (χ1n) is 7.37. The van der Waals surface area contributed by atoms with Crippen LogP contribution in [0.25, 0.3) is 0 Å². The molecular formula is C15H22N2O5S. The maximum Gasteiger partial charge on any atom is 0.339 e. The lowest BCUT2D eigenvalue weighted by atomic mass is 10.0. The first-order valence-corrected chi connectivity index (χ1v) is 8.81. The third kappa shape index (κ3) is 3.55. The van der Waals surface area contributed by atoms with Crippen molar-refractivity contribution in [1.29, 1.82) is 0 Å². The van der Waals surface area contributed by atoms with Crippen LogP contribution in [0.15, 0.2) is 29.2 Å². The fourth-order valence-electron chi connectivity index (χ4n) is 2.83. The molecule has 0 saturated carbocycles. The molecule has 2 atom stereocenters. The summed E-state index contributed by atoms with van der Waals surface area (Å²) in [5.41, 5.74) is 5.78. The first kappa shape index (κ1) is 17.9. The molecule has 2 unspecified atom stereocenters. The highest BCUT2D eigenvalue weighted by atomic mass is 32.2. The maximum absolute atomic E-state index is 13.0. The Bertz CT molecular complexity index is 662. The van der Waals surface area contributed by atoms with Gasteiger partial charge in [0.2, 0.25) is 10.0 Å². The van der Waals surface area contributed by atoms with Gasteiger partial charge in [0.15, 0.2) is 0 Å². The summed E-state index contributed by atoms with van der Waals surface area (Å²) in [5.74, 6) is -0.680. The van der Waals surface area contributed by atoms with Crippen LogP contribution in [-0.4, -0.2) is 58.1 Å². The van der Waals surface area contributed by atoms with Crippen LogP contribution in [0.5, 0.6) is 0 Å². The fraction of sp³-hybridized carbons (Fsp3) is 0.533. The second-order valence-corrected chi connectivity index (χ2v) is 7.23. The molecule has 0 aromatic heterocycles. The third-order valence-electron chi connectivity index (χ3n) is 4.10. The zero-order valence-corrected chi connectivity index (χ0v) is 14.1. The van der Waals surface area contributed by atoms with Gasteiger partial charge in [-0.25, -0.2) is 13.2 Å². The van der Waals surface area contributed by atoms with Crippen LogP contribution < -0.4 is 5.73 Å². The Morgan fingerprint density at radius 3 is 2.65 bits per heavy atom. The van der Waals surface area contributed by atoms with Crippen molar-refractivity contribution in [3.63, 3.8) is 0 Å². The van der Waals surface area contributed by atoms with Gasteiger partial charge in [0, 0.05) is 26.2 Å². The normalized spacial score (nSPS) is 22.7. The lowest BCUT2D eigenvalue weighted by Crippen LogP contribution is -2.51. The van der Waals surface area contributed by atoms with E-state index < -0.39 is 16.0 Å². The minimum Gasteiger partial charge on any atom is -0.465 e. The molecule has 8 heteroatoms. The van der Waals surface area contributed by atoms with E-state index in [0.717, 1.165) is 0 Å². The predicted octanol–water partition coefficient (Wildman–Crippen LogP) is 0.600. The summed E-state index contributed by atoms with van der Waals surface area (Å²) >= 11 is 0. The Labute approximate surface area is 136 Å². The molecule has 0 aliphatic carbocycles. The molecule has 128 valence electrons. The smallest absolute Gasteiger partial charge is 0.339 e. The molecule has 1 fully saturated rings. The van der Waals surface area contributed by atoms with Gasteiger partial charge in [-0.1, -0.05) is 12.1 Å². The Morgan fingerprint density at radius 1 is 1.35 bits per heavy atom. The van der Waals surface area contributed by atoms with E-state index in [4.69, 9.17) is 10.5 Å². The third-order valence-corrected chi connectivity index (χ3v) is 6.11. The summed E-state index contributed by atoms with van der Waals surface area (Å²) < 4.78 is 37.4. The van der Waals surface area contributed by atoms with Gasteiger partial charge >= 0.3 is 5.97 Å². The van der Waals surface area contributed by atoms with E-state index in [-0.39, 0.29) is 29.1 Å². The molecular weight excluding hydrogens is 320 g/mol. The highest BCUT2D eigenvalue weighted by Gasteiger charge is 2.38. The number of hydrogen-bond donors (Lipinski definition) is 1. The Balaban J connectivity index is 2.41. The molecule has 2 rings (SSSR count). The molecule has 0 radical (unpaired) electrons. The molecule has 7 nitrogen and oxygen atoms in total. The number of ether oxygens (including phenoxy) is 2. The van der Waals surface area contributed by atoms with E-state index in [1.54, 1.807) is 19.2 Å². The van der Waals surface area contributed by atoms with E-state index in [1.165, 1.54) is 23.5 Å². The average Bonchev–Trinajstić information content (AvgIpc) is 2.60. The number of rotatable bonds is 5. The van der Waals surface area contributed by atoms with Gasteiger partial charge in [0.05, 0.1) is 23.7 Å². The Morgan fingerprint density at radius 2 is 2.04 bits per heavy atom. The van der Waals surface area contributed by atoms with Crippen molar-refractivity contribution < 1.29 is 22.7 Å². The highest BCUT2D eigenvalue weighted by molar-refractivity contribution is 7.89. The number of hydrogen-bond acceptors (Lipinski definition) is 6. The minimum absolute atomic E-state index is 0.00847. The van der Waals surface area contributed by atoms with Crippen LogP contribution in [-0.2, 0) is 19.5 Å². The van der Waals surface area contributed by atoms with E-state index in [2.05, 4.69) is 4.74 Å². The van der Waals surface area contributed by atoms with Gasteiger partial charge < -0.3 is 15.2 Å². The standard InChI is InChI=1S/C15H22N2O5S/c1-21-12-7-8-17(11(9-12)10-16)23(19,20)14-6-4-3-5-13(14)15(18)22-2/h3-6,11-12H,7-10,16H2,1-2H3. The number of carbonyl (C=O) groups excluding carboxylic acids is 1. The van der Waals surface area contributed by atoms with Gasteiger partial charge in [-0.05, 0) is 25.0 Å². The summed E-state index contributed by atoms with van der Waals surface area (Å²) in [7, 11) is -1.02. The number of nitrogens with two attached hydrogens (primary N) is 1. The Kier molecular flexibility index (Phi) is 5.74. The molecule has 1 aliphatic heterocycles. The molecule has 1 aliphatic rings. The quantitative estimate of drug-likeness (QED) is 0.787. The van der Waals surface area contributed by atoms with Crippen molar-refractivity contribution in [3.05, 3.63) is 29.8 Å². The van der Waals surface area contributed by atoms with Crippen molar-refractivity contribution in [2.45, 2.75) is 29.9 Å². The molecule has 23 heavy (non-hydrogen) atoms. The van der Waals surface area contributed by atoms with Gasteiger partial charge in [0.1, 0.15) is 0 Å². The van der Waals surface area contributed by atoms with Crippen LogP contribution in [0.2, 0.25) is 0 Å². The number of sulfonamides is 1. The molecule has 2 N–H and O–H groups in total.